The Hall–Kier alpha value is -1.86. The van der Waals surface area contributed by atoms with E-state index >= 15 is 0 Å². The molecule has 1 N–H and O–H groups in total. The molecular weight excluding hydrogens is 314 g/mol. The second kappa shape index (κ2) is 5.65. The molecule has 0 bridgehead atoms. The topological polar surface area (TPSA) is 61.9 Å². The Morgan fingerprint density at radius 2 is 2.30 bits per heavy atom. The fourth-order valence-electron chi connectivity index (χ4n) is 3.49. The van der Waals surface area contributed by atoms with Crippen LogP contribution >= 0.6 is 11.3 Å². The molecule has 4 rings (SSSR count). The average molecular weight is 333 g/mol. The number of likely N-dealkylation sites (N-methyl/N-ethyl adjacent to an activating group) is 1. The van der Waals surface area contributed by atoms with Gasteiger partial charge in [-0.1, -0.05) is 0 Å². The van der Waals surface area contributed by atoms with Gasteiger partial charge < -0.3 is 15.0 Å². The van der Waals surface area contributed by atoms with Crippen molar-refractivity contribution in [3.8, 4) is 0 Å². The molecule has 3 aliphatic rings. The van der Waals surface area contributed by atoms with Crippen LogP contribution in [0.2, 0.25) is 0 Å². The molecule has 0 aliphatic carbocycles. The summed E-state index contributed by atoms with van der Waals surface area (Å²) in [6, 6.07) is 1.45. The number of carbonyl (C=O) groups excluding carboxylic acids is 2. The highest BCUT2D eigenvalue weighted by Gasteiger charge is 2.43. The Morgan fingerprint density at radius 1 is 1.43 bits per heavy atom. The monoisotopic (exact) mass is 333 g/mol. The van der Waals surface area contributed by atoms with Gasteiger partial charge in [0.05, 0.1) is 30.0 Å². The van der Waals surface area contributed by atoms with Gasteiger partial charge in [0.1, 0.15) is 0 Å². The minimum absolute atomic E-state index is 0.0125. The van der Waals surface area contributed by atoms with Crippen LogP contribution in [0.3, 0.4) is 0 Å². The molecule has 6 nitrogen and oxygen atoms in total. The largest absolute Gasteiger partial charge is 0.376 e. The van der Waals surface area contributed by atoms with Gasteiger partial charge in [-0.2, -0.15) is 11.3 Å². The van der Waals surface area contributed by atoms with E-state index in [0.717, 1.165) is 30.7 Å². The van der Waals surface area contributed by atoms with Gasteiger partial charge in [0.2, 0.25) is 0 Å². The number of ether oxygens (including phenoxy) is 1. The van der Waals surface area contributed by atoms with E-state index in [9.17, 15) is 9.59 Å². The minimum Gasteiger partial charge on any atom is -0.376 e. The second-order valence-electron chi connectivity index (χ2n) is 6.18. The first-order valence-corrected chi connectivity index (χ1v) is 8.79. The van der Waals surface area contributed by atoms with E-state index < -0.39 is 0 Å². The predicted molar refractivity (Wildman–Crippen MR) is 85.9 cm³/mol. The molecule has 3 aliphatic heterocycles. The molecule has 122 valence electrons. The van der Waals surface area contributed by atoms with Crippen molar-refractivity contribution in [2.75, 3.05) is 26.7 Å². The lowest BCUT2D eigenvalue weighted by molar-refractivity contribution is -0.127. The quantitative estimate of drug-likeness (QED) is 0.916. The highest BCUT2D eigenvalue weighted by Crippen LogP contribution is 2.36. The molecule has 4 heterocycles. The zero-order valence-corrected chi connectivity index (χ0v) is 13.8. The Bertz CT molecular complexity index is 664. The smallest absolute Gasteiger partial charge is 0.322 e. The summed E-state index contributed by atoms with van der Waals surface area (Å²) in [5.74, 6) is 0.0125. The molecular formula is C16H19N3O3S. The van der Waals surface area contributed by atoms with Gasteiger partial charge in [-0.3, -0.25) is 9.69 Å². The summed E-state index contributed by atoms with van der Waals surface area (Å²) in [4.78, 5) is 28.5. The fourth-order valence-corrected chi connectivity index (χ4v) is 4.18. The first kappa shape index (κ1) is 14.7. The summed E-state index contributed by atoms with van der Waals surface area (Å²) >= 11 is 1.57. The minimum atomic E-state index is -0.345. The van der Waals surface area contributed by atoms with Gasteiger partial charge in [-0.15, -0.1) is 0 Å². The first-order chi connectivity index (χ1) is 11.1. The normalized spacial score (nSPS) is 27.7. The van der Waals surface area contributed by atoms with Crippen LogP contribution in [-0.4, -0.2) is 54.6 Å². The molecule has 1 aromatic heterocycles. The van der Waals surface area contributed by atoms with Gasteiger partial charge >= 0.3 is 6.03 Å². The zero-order valence-electron chi connectivity index (χ0n) is 12.9. The molecule has 0 radical (unpaired) electrons. The van der Waals surface area contributed by atoms with Gasteiger partial charge in [0.15, 0.2) is 0 Å². The third-order valence-electron chi connectivity index (χ3n) is 4.76. The fraction of sp³-hybridized carbons (Fsp3) is 0.500. The number of nitrogens with zero attached hydrogens (tertiary/aromatic N) is 2. The predicted octanol–water partition coefficient (Wildman–Crippen LogP) is 1.72. The third-order valence-corrected chi connectivity index (χ3v) is 5.46. The van der Waals surface area contributed by atoms with Crippen LogP contribution in [0.4, 0.5) is 4.79 Å². The van der Waals surface area contributed by atoms with Crippen LogP contribution in [0, 0.1) is 0 Å². The van der Waals surface area contributed by atoms with Crippen LogP contribution in [0.5, 0.6) is 0 Å². The Balaban J connectivity index is 1.63. The van der Waals surface area contributed by atoms with Crippen molar-refractivity contribution in [3.63, 3.8) is 0 Å². The molecule has 0 unspecified atom stereocenters. The van der Waals surface area contributed by atoms with Gasteiger partial charge in [-0.05, 0) is 35.2 Å². The summed E-state index contributed by atoms with van der Waals surface area (Å²) < 4.78 is 5.66. The van der Waals surface area contributed by atoms with Crippen molar-refractivity contribution in [2.45, 2.75) is 25.0 Å². The van der Waals surface area contributed by atoms with Gasteiger partial charge in [0, 0.05) is 20.2 Å². The van der Waals surface area contributed by atoms with Crippen LogP contribution in [0.25, 0.3) is 0 Å². The van der Waals surface area contributed by atoms with Crippen molar-refractivity contribution in [1.82, 2.24) is 15.1 Å². The maximum absolute atomic E-state index is 12.9. The Kier molecular flexibility index (Phi) is 3.61. The zero-order chi connectivity index (χ0) is 16.0. The lowest BCUT2D eigenvalue weighted by atomic mass is 9.98. The van der Waals surface area contributed by atoms with E-state index in [1.54, 1.807) is 23.3 Å². The summed E-state index contributed by atoms with van der Waals surface area (Å²) in [6.45, 7) is 1.86. The number of carbonyl (C=O) groups is 2. The molecule has 1 saturated heterocycles. The van der Waals surface area contributed by atoms with E-state index in [1.807, 2.05) is 21.7 Å². The van der Waals surface area contributed by atoms with Crippen LogP contribution in [0.1, 0.15) is 24.4 Å². The molecule has 0 spiro atoms. The summed E-state index contributed by atoms with van der Waals surface area (Å²) in [6.07, 6.45) is 2.17. The Labute approximate surface area is 138 Å². The lowest BCUT2D eigenvalue weighted by Gasteiger charge is -2.30. The van der Waals surface area contributed by atoms with E-state index in [1.165, 1.54) is 0 Å². The number of nitrogens with one attached hydrogen (secondary N) is 1. The van der Waals surface area contributed by atoms with Crippen molar-refractivity contribution in [1.29, 1.82) is 0 Å². The van der Waals surface area contributed by atoms with Crippen LogP contribution < -0.4 is 5.32 Å². The molecule has 2 atom stereocenters. The van der Waals surface area contributed by atoms with Gasteiger partial charge in [0.25, 0.3) is 5.91 Å². The molecule has 7 heteroatoms. The highest BCUT2D eigenvalue weighted by atomic mass is 32.1. The number of amides is 3. The second-order valence-corrected chi connectivity index (χ2v) is 6.96. The molecule has 0 aromatic carbocycles. The molecule has 3 amide bonds. The summed E-state index contributed by atoms with van der Waals surface area (Å²) in [7, 11) is 1.72. The van der Waals surface area contributed by atoms with E-state index in [-0.39, 0.29) is 24.1 Å². The lowest BCUT2D eigenvalue weighted by Crippen LogP contribution is -2.45. The third kappa shape index (κ3) is 2.44. The van der Waals surface area contributed by atoms with E-state index in [2.05, 4.69) is 5.32 Å². The van der Waals surface area contributed by atoms with Crippen molar-refractivity contribution in [2.24, 2.45) is 0 Å². The molecule has 23 heavy (non-hydrogen) atoms. The summed E-state index contributed by atoms with van der Waals surface area (Å²) in [5, 5.41) is 6.89. The number of rotatable bonds is 3. The standard InChI is InChI=1S/C16H19N3O3S/c1-18-12-8-19(7-11-3-2-5-22-11)15(20)13(12)14(17-16(18)21)10-4-6-23-9-10/h4,6,9,11,14H,2-3,5,7-8H2,1H3,(H,17,21)/t11-,14-/m0/s1. The molecule has 1 fully saturated rings. The van der Waals surface area contributed by atoms with Gasteiger partial charge in [-0.25, -0.2) is 4.79 Å². The first-order valence-electron chi connectivity index (χ1n) is 7.85. The van der Waals surface area contributed by atoms with Crippen LogP contribution in [0.15, 0.2) is 28.1 Å². The molecule has 0 saturated carbocycles. The number of hydrogen-bond acceptors (Lipinski definition) is 4. The Morgan fingerprint density at radius 3 is 3.00 bits per heavy atom. The average Bonchev–Trinajstić information content (AvgIpc) is 3.26. The number of hydrogen-bond donors (Lipinski definition) is 1. The SMILES string of the molecule is CN1C(=O)N[C@@H](c2ccsc2)C2=C1CN(C[C@@H]1CCCO1)C2=O. The molecule has 1 aromatic rings. The number of thiophene rings is 1. The maximum Gasteiger partial charge on any atom is 0.322 e. The van der Waals surface area contributed by atoms with E-state index in [4.69, 9.17) is 4.74 Å². The number of urea groups is 1. The van der Waals surface area contributed by atoms with Crippen molar-refractivity contribution >= 4 is 23.3 Å². The summed E-state index contributed by atoms with van der Waals surface area (Å²) in [5.41, 5.74) is 2.48. The maximum atomic E-state index is 12.9. The van der Waals surface area contributed by atoms with Crippen molar-refractivity contribution in [3.05, 3.63) is 33.7 Å². The van der Waals surface area contributed by atoms with Crippen molar-refractivity contribution < 1.29 is 14.3 Å². The van der Waals surface area contributed by atoms with Crippen LogP contribution in [-0.2, 0) is 9.53 Å². The van der Waals surface area contributed by atoms with E-state index in [0.29, 0.717) is 18.7 Å². The highest BCUT2D eigenvalue weighted by molar-refractivity contribution is 7.08.